The maximum Gasteiger partial charge on any atom is 0.433 e. The van der Waals surface area contributed by atoms with Crippen LogP contribution < -0.4 is 4.74 Å². The van der Waals surface area contributed by atoms with Gasteiger partial charge in [-0.1, -0.05) is 29.4 Å². The Morgan fingerprint density at radius 2 is 1.87 bits per heavy atom. The Kier molecular flexibility index (Phi) is 5.33. The molecule has 0 bridgehead atoms. The summed E-state index contributed by atoms with van der Waals surface area (Å²) < 4.78 is 55.7. The van der Waals surface area contributed by atoms with Crippen LogP contribution in [0.25, 0.3) is 22.2 Å². The summed E-state index contributed by atoms with van der Waals surface area (Å²) in [5.41, 5.74) is -0.350. The molecule has 2 aromatic carbocycles. The van der Waals surface area contributed by atoms with Crippen LogP contribution in [0.5, 0.6) is 11.5 Å². The Bertz CT molecular complexity index is 1250. The fourth-order valence-corrected chi connectivity index (χ4v) is 2.93. The van der Waals surface area contributed by atoms with E-state index in [0.29, 0.717) is 10.9 Å². The first-order valence-corrected chi connectivity index (χ1v) is 9.24. The first-order valence-electron chi connectivity index (χ1n) is 9.24. The minimum atomic E-state index is -4.62. The molecule has 0 saturated carbocycles. The standard InChI is InChI=1S/C22H15F3N2O4/c1-2-29-21(28)17-11-18(31-27-17)13-6-5-7-14(10-13)30-19-12-20(22(23,24)25)26-16-9-4-3-8-15(16)19/h3-12H,2H2,1H3. The summed E-state index contributed by atoms with van der Waals surface area (Å²) in [6, 6.07) is 15.2. The average molecular weight is 428 g/mol. The molecule has 0 atom stereocenters. The minimum Gasteiger partial charge on any atom is -0.461 e. The lowest BCUT2D eigenvalue weighted by molar-refractivity contribution is -0.141. The maximum absolute atomic E-state index is 13.3. The third-order valence-corrected chi connectivity index (χ3v) is 4.31. The SMILES string of the molecule is CCOC(=O)c1cc(-c2cccc(Oc3cc(C(F)(F)F)nc4ccccc34)c2)on1. The normalized spacial score (nSPS) is 11.5. The van der Waals surface area contributed by atoms with Crippen LogP contribution in [0.15, 0.2) is 65.2 Å². The van der Waals surface area contributed by atoms with E-state index in [9.17, 15) is 18.0 Å². The van der Waals surface area contributed by atoms with E-state index in [2.05, 4.69) is 10.1 Å². The topological polar surface area (TPSA) is 74.5 Å². The Morgan fingerprint density at radius 1 is 1.06 bits per heavy atom. The molecule has 9 heteroatoms. The molecular formula is C22H15F3N2O4. The van der Waals surface area contributed by atoms with Gasteiger partial charge in [0.15, 0.2) is 11.5 Å². The Morgan fingerprint density at radius 3 is 2.65 bits per heavy atom. The second kappa shape index (κ2) is 8.10. The van der Waals surface area contributed by atoms with Crippen LogP contribution in [0.2, 0.25) is 0 Å². The molecule has 158 valence electrons. The molecule has 0 saturated heterocycles. The van der Waals surface area contributed by atoms with Crippen LogP contribution in [0, 0.1) is 0 Å². The zero-order valence-electron chi connectivity index (χ0n) is 16.1. The summed E-state index contributed by atoms with van der Waals surface area (Å²) in [4.78, 5) is 15.4. The molecule has 6 nitrogen and oxygen atoms in total. The lowest BCUT2D eigenvalue weighted by atomic mass is 10.1. The van der Waals surface area contributed by atoms with Gasteiger partial charge in [0.2, 0.25) is 0 Å². The highest BCUT2D eigenvalue weighted by Crippen LogP contribution is 2.36. The number of ether oxygens (including phenoxy) is 2. The number of nitrogens with zero attached hydrogens (tertiary/aromatic N) is 2. The highest BCUT2D eigenvalue weighted by molar-refractivity contribution is 5.88. The monoisotopic (exact) mass is 428 g/mol. The van der Waals surface area contributed by atoms with E-state index < -0.39 is 17.8 Å². The van der Waals surface area contributed by atoms with Crippen molar-refractivity contribution in [2.75, 3.05) is 6.61 Å². The van der Waals surface area contributed by atoms with E-state index in [1.807, 2.05) is 0 Å². The number of aromatic nitrogens is 2. The van der Waals surface area contributed by atoms with Crippen LogP contribution >= 0.6 is 0 Å². The molecule has 0 unspecified atom stereocenters. The number of carbonyl (C=O) groups excluding carboxylic acids is 1. The van der Waals surface area contributed by atoms with Gasteiger partial charge in [-0.25, -0.2) is 9.78 Å². The third-order valence-electron chi connectivity index (χ3n) is 4.31. The van der Waals surface area contributed by atoms with Gasteiger partial charge in [0.25, 0.3) is 0 Å². The van der Waals surface area contributed by atoms with Crippen molar-refractivity contribution in [1.82, 2.24) is 10.1 Å². The van der Waals surface area contributed by atoms with E-state index >= 15 is 0 Å². The molecule has 0 fully saturated rings. The van der Waals surface area contributed by atoms with Crippen molar-refractivity contribution in [1.29, 1.82) is 0 Å². The van der Waals surface area contributed by atoms with Crippen molar-refractivity contribution in [3.8, 4) is 22.8 Å². The number of benzene rings is 2. The lowest BCUT2D eigenvalue weighted by Gasteiger charge is -2.13. The summed E-state index contributed by atoms with van der Waals surface area (Å²) in [6.45, 7) is 1.87. The molecule has 0 aliphatic carbocycles. The van der Waals surface area contributed by atoms with E-state index in [-0.39, 0.29) is 35.1 Å². The Balaban J connectivity index is 1.69. The van der Waals surface area contributed by atoms with Crippen LogP contribution in [-0.4, -0.2) is 22.7 Å². The molecule has 0 aliphatic heterocycles. The van der Waals surface area contributed by atoms with Gasteiger partial charge in [0.1, 0.15) is 17.2 Å². The van der Waals surface area contributed by atoms with E-state index in [4.69, 9.17) is 14.0 Å². The molecule has 0 aliphatic rings. The number of fused-ring (bicyclic) bond motifs is 1. The van der Waals surface area contributed by atoms with Crippen LogP contribution in [0.3, 0.4) is 0 Å². The molecule has 0 amide bonds. The van der Waals surface area contributed by atoms with Gasteiger partial charge in [0, 0.05) is 23.1 Å². The molecule has 0 N–H and O–H groups in total. The van der Waals surface area contributed by atoms with E-state index in [1.54, 1.807) is 49.4 Å². The number of halogens is 3. The van der Waals surface area contributed by atoms with Crippen molar-refractivity contribution in [3.63, 3.8) is 0 Å². The fraction of sp³-hybridized carbons (Fsp3) is 0.136. The second-order valence-corrected chi connectivity index (χ2v) is 6.45. The molecular weight excluding hydrogens is 413 g/mol. The molecule has 31 heavy (non-hydrogen) atoms. The van der Waals surface area contributed by atoms with Crippen molar-refractivity contribution in [2.24, 2.45) is 0 Å². The smallest absolute Gasteiger partial charge is 0.433 e. The van der Waals surface area contributed by atoms with Gasteiger partial charge >= 0.3 is 12.1 Å². The number of esters is 1. The number of hydrogen-bond donors (Lipinski definition) is 0. The minimum absolute atomic E-state index is 0.0121. The Labute approximate surface area is 174 Å². The van der Waals surface area contributed by atoms with Gasteiger partial charge in [0.05, 0.1) is 12.1 Å². The van der Waals surface area contributed by atoms with Crippen molar-refractivity contribution < 1.29 is 32.0 Å². The van der Waals surface area contributed by atoms with Gasteiger partial charge in [-0.2, -0.15) is 13.2 Å². The van der Waals surface area contributed by atoms with Crippen molar-refractivity contribution in [3.05, 3.63) is 72.1 Å². The van der Waals surface area contributed by atoms with Crippen LogP contribution in [0.4, 0.5) is 13.2 Å². The average Bonchev–Trinajstić information content (AvgIpc) is 3.24. The number of pyridine rings is 1. The second-order valence-electron chi connectivity index (χ2n) is 6.45. The van der Waals surface area contributed by atoms with Crippen LogP contribution in [0.1, 0.15) is 23.1 Å². The molecule has 4 aromatic rings. The van der Waals surface area contributed by atoms with Gasteiger partial charge < -0.3 is 14.0 Å². The molecule has 2 aromatic heterocycles. The Hall–Kier alpha value is -3.88. The summed E-state index contributed by atoms with van der Waals surface area (Å²) in [5.74, 6) is -0.0483. The molecule has 0 radical (unpaired) electrons. The zero-order chi connectivity index (χ0) is 22.0. The summed E-state index contributed by atoms with van der Waals surface area (Å²) >= 11 is 0. The molecule has 4 rings (SSSR count). The number of carbonyl (C=O) groups is 1. The largest absolute Gasteiger partial charge is 0.461 e. The summed E-state index contributed by atoms with van der Waals surface area (Å²) in [5, 5.41) is 4.12. The highest BCUT2D eigenvalue weighted by atomic mass is 19.4. The van der Waals surface area contributed by atoms with E-state index in [1.165, 1.54) is 12.1 Å². The highest BCUT2D eigenvalue weighted by Gasteiger charge is 2.33. The van der Waals surface area contributed by atoms with Gasteiger partial charge in [-0.15, -0.1) is 0 Å². The van der Waals surface area contributed by atoms with Gasteiger partial charge in [-0.3, -0.25) is 0 Å². The predicted molar refractivity (Wildman–Crippen MR) is 105 cm³/mol. The van der Waals surface area contributed by atoms with E-state index in [0.717, 1.165) is 6.07 Å². The first-order chi connectivity index (χ1) is 14.8. The van der Waals surface area contributed by atoms with Crippen molar-refractivity contribution in [2.45, 2.75) is 13.1 Å². The third kappa shape index (κ3) is 4.35. The fourth-order valence-electron chi connectivity index (χ4n) is 2.93. The molecule has 2 heterocycles. The zero-order valence-corrected chi connectivity index (χ0v) is 16.1. The predicted octanol–water partition coefficient (Wildman–Crippen LogP) is 5.88. The van der Waals surface area contributed by atoms with Crippen molar-refractivity contribution >= 4 is 16.9 Å². The molecule has 0 spiro atoms. The number of hydrogen-bond acceptors (Lipinski definition) is 6. The lowest BCUT2D eigenvalue weighted by Crippen LogP contribution is -2.08. The quantitative estimate of drug-likeness (QED) is 0.370. The summed E-state index contributed by atoms with van der Waals surface area (Å²) in [7, 11) is 0. The van der Waals surface area contributed by atoms with Crippen LogP contribution in [-0.2, 0) is 10.9 Å². The number of rotatable bonds is 5. The maximum atomic E-state index is 13.3. The van der Waals surface area contributed by atoms with Gasteiger partial charge in [-0.05, 0) is 31.2 Å². The first kappa shape index (κ1) is 20.4. The summed E-state index contributed by atoms with van der Waals surface area (Å²) in [6.07, 6.45) is -4.62. The number of para-hydroxylation sites is 1. The number of alkyl halides is 3.